The first-order chi connectivity index (χ1) is 7.77. The van der Waals surface area contributed by atoms with Crippen molar-refractivity contribution in [3.8, 4) is 0 Å². The molecule has 0 N–H and O–H groups in total. The molecule has 1 aromatic rings. The Labute approximate surface area is 99.5 Å². The molecule has 0 aliphatic carbocycles. The average Bonchev–Trinajstić information content (AvgIpc) is 2.27. The summed E-state index contributed by atoms with van der Waals surface area (Å²) in [6.45, 7) is 1.93. The van der Waals surface area contributed by atoms with Crippen LogP contribution < -0.4 is 0 Å². The molecule has 0 amide bonds. The van der Waals surface area contributed by atoms with Crippen LogP contribution in [0.15, 0.2) is 29.2 Å². The lowest BCUT2D eigenvalue weighted by Crippen LogP contribution is -2.24. The van der Waals surface area contributed by atoms with Crippen LogP contribution in [0.4, 0.5) is 8.78 Å². The van der Waals surface area contributed by atoms with Crippen LogP contribution in [0.5, 0.6) is 0 Å². The zero-order chi connectivity index (χ0) is 13.1. The largest absolute Gasteiger partial charge is 0.297 e. The molecule has 0 aromatic heterocycles. The smallest absolute Gasteiger partial charge is 0.260 e. The quantitative estimate of drug-likeness (QED) is 0.768. The van der Waals surface area contributed by atoms with Crippen LogP contribution in [0.2, 0.25) is 0 Å². The Morgan fingerprint density at radius 2 is 1.76 bits per heavy atom. The van der Waals surface area contributed by atoms with Crippen molar-refractivity contribution in [1.82, 2.24) is 0 Å². The van der Waals surface area contributed by atoms with E-state index >= 15 is 0 Å². The Bertz CT molecular complexity index is 466. The van der Waals surface area contributed by atoms with Crippen molar-refractivity contribution in [3.63, 3.8) is 0 Å². The molecule has 17 heavy (non-hydrogen) atoms. The van der Waals surface area contributed by atoms with Crippen LogP contribution in [0.3, 0.4) is 0 Å². The van der Waals surface area contributed by atoms with Gasteiger partial charge < -0.3 is 0 Å². The molecular weight excluding hydrogens is 250 g/mol. The summed E-state index contributed by atoms with van der Waals surface area (Å²) in [5.41, 5.74) is 0.878. The highest BCUT2D eigenvalue weighted by atomic mass is 32.2. The number of rotatable bonds is 5. The van der Waals surface area contributed by atoms with Crippen molar-refractivity contribution >= 4 is 10.1 Å². The molecule has 0 aliphatic heterocycles. The minimum Gasteiger partial charge on any atom is -0.260 e. The number of hydrogen-bond acceptors (Lipinski definition) is 3. The molecule has 0 unspecified atom stereocenters. The number of hydrogen-bond donors (Lipinski definition) is 0. The van der Waals surface area contributed by atoms with E-state index in [2.05, 4.69) is 4.18 Å². The predicted molar refractivity (Wildman–Crippen MR) is 59.6 cm³/mol. The second-order valence-corrected chi connectivity index (χ2v) is 5.35. The first-order valence-electron chi connectivity index (χ1n) is 5.11. The third-order valence-corrected chi connectivity index (χ3v) is 3.53. The SMILES string of the molecule is CCC(F)(F)COS(=O)(=O)c1ccc(C)cc1. The summed E-state index contributed by atoms with van der Waals surface area (Å²) in [5.74, 6) is -3.13. The van der Waals surface area contributed by atoms with E-state index in [0.29, 0.717) is 0 Å². The number of alkyl halides is 2. The summed E-state index contributed by atoms with van der Waals surface area (Å²) in [4.78, 5) is -0.116. The monoisotopic (exact) mass is 264 g/mol. The van der Waals surface area contributed by atoms with E-state index in [1.54, 1.807) is 19.1 Å². The normalized spacial score (nSPS) is 12.7. The van der Waals surface area contributed by atoms with Gasteiger partial charge in [-0.25, -0.2) is 8.78 Å². The van der Waals surface area contributed by atoms with Gasteiger partial charge in [-0.1, -0.05) is 24.6 Å². The lowest BCUT2D eigenvalue weighted by molar-refractivity contribution is -0.0419. The first-order valence-corrected chi connectivity index (χ1v) is 6.51. The van der Waals surface area contributed by atoms with Crippen LogP contribution >= 0.6 is 0 Å². The minimum atomic E-state index is -4.10. The fourth-order valence-corrected chi connectivity index (χ4v) is 1.97. The Hall–Kier alpha value is -1.01. The fourth-order valence-electron chi connectivity index (χ4n) is 1.04. The molecule has 0 heterocycles. The van der Waals surface area contributed by atoms with Crippen LogP contribution in [0.25, 0.3) is 0 Å². The molecule has 0 fully saturated rings. The van der Waals surface area contributed by atoms with Crippen LogP contribution in [0, 0.1) is 6.92 Å². The molecule has 0 radical (unpaired) electrons. The van der Waals surface area contributed by atoms with Gasteiger partial charge in [-0.15, -0.1) is 0 Å². The van der Waals surface area contributed by atoms with E-state index in [1.165, 1.54) is 19.1 Å². The predicted octanol–water partition coefficient (Wildman–Crippen LogP) is 2.75. The Morgan fingerprint density at radius 3 is 2.24 bits per heavy atom. The van der Waals surface area contributed by atoms with E-state index in [0.717, 1.165) is 5.56 Å². The standard InChI is InChI=1S/C11H14F2O3S/c1-3-11(12,13)8-16-17(14,15)10-6-4-9(2)5-7-10/h4-7H,3,8H2,1-2H3. The zero-order valence-corrected chi connectivity index (χ0v) is 10.4. The van der Waals surface area contributed by atoms with Crippen LogP contribution in [0.1, 0.15) is 18.9 Å². The molecule has 0 aliphatic rings. The van der Waals surface area contributed by atoms with Gasteiger partial charge in [0.1, 0.15) is 6.61 Å². The van der Waals surface area contributed by atoms with Gasteiger partial charge in [0.05, 0.1) is 4.90 Å². The van der Waals surface area contributed by atoms with E-state index < -0.39 is 29.1 Å². The van der Waals surface area contributed by atoms with Gasteiger partial charge in [0, 0.05) is 6.42 Å². The van der Waals surface area contributed by atoms with Gasteiger partial charge in [-0.2, -0.15) is 8.42 Å². The third-order valence-electron chi connectivity index (χ3n) is 2.25. The van der Waals surface area contributed by atoms with Gasteiger partial charge in [0.2, 0.25) is 0 Å². The molecule has 96 valence electrons. The molecule has 6 heteroatoms. The summed E-state index contributed by atoms with van der Waals surface area (Å²) >= 11 is 0. The lowest BCUT2D eigenvalue weighted by Gasteiger charge is -2.13. The van der Waals surface area contributed by atoms with Gasteiger partial charge in [-0.05, 0) is 19.1 Å². The van der Waals surface area contributed by atoms with Crippen molar-refractivity contribution in [3.05, 3.63) is 29.8 Å². The first kappa shape index (κ1) is 14.1. The molecule has 3 nitrogen and oxygen atoms in total. The third kappa shape index (κ3) is 4.05. The van der Waals surface area contributed by atoms with Crippen molar-refractivity contribution < 1.29 is 21.4 Å². The maximum atomic E-state index is 12.9. The molecular formula is C11H14F2O3S. The van der Waals surface area contributed by atoms with Crippen molar-refractivity contribution in [2.24, 2.45) is 0 Å². The topological polar surface area (TPSA) is 43.4 Å². The minimum absolute atomic E-state index is 0.116. The average molecular weight is 264 g/mol. The van der Waals surface area contributed by atoms with Crippen molar-refractivity contribution in [2.75, 3.05) is 6.61 Å². The van der Waals surface area contributed by atoms with Crippen molar-refractivity contribution in [1.29, 1.82) is 0 Å². The van der Waals surface area contributed by atoms with E-state index in [9.17, 15) is 17.2 Å². The van der Waals surface area contributed by atoms with Crippen molar-refractivity contribution in [2.45, 2.75) is 31.1 Å². The second-order valence-electron chi connectivity index (χ2n) is 3.74. The Morgan fingerprint density at radius 1 is 1.24 bits per heavy atom. The van der Waals surface area contributed by atoms with E-state index in [-0.39, 0.29) is 4.90 Å². The molecule has 0 spiro atoms. The molecule has 1 rings (SSSR count). The fraction of sp³-hybridized carbons (Fsp3) is 0.455. The highest BCUT2D eigenvalue weighted by Crippen LogP contribution is 2.21. The highest BCUT2D eigenvalue weighted by Gasteiger charge is 2.30. The number of benzene rings is 1. The van der Waals surface area contributed by atoms with Crippen LogP contribution in [-0.4, -0.2) is 20.9 Å². The van der Waals surface area contributed by atoms with E-state index in [4.69, 9.17) is 0 Å². The molecule has 0 saturated carbocycles. The molecule has 0 atom stereocenters. The zero-order valence-electron chi connectivity index (χ0n) is 9.61. The number of halogens is 2. The molecule has 1 aromatic carbocycles. The molecule has 0 saturated heterocycles. The summed E-state index contributed by atoms with van der Waals surface area (Å²) in [6.07, 6.45) is -0.462. The summed E-state index contributed by atoms with van der Waals surface area (Å²) in [6, 6.07) is 5.81. The van der Waals surface area contributed by atoms with Gasteiger partial charge in [0.25, 0.3) is 16.0 Å². The van der Waals surface area contributed by atoms with Gasteiger partial charge in [-0.3, -0.25) is 4.18 Å². The van der Waals surface area contributed by atoms with Crippen LogP contribution in [-0.2, 0) is 14.3 Å². The Balaban J connectivity index is 2.79. The second kappa shape index (κ2) is 5.10. The maximum Gasteiger partial charge on any atom is 0.297 e. The Kier molecular flexibility index (Phi) is 4.21. The summed E-state index contributed by atoms with van der Waals surface area (Å²) in [5, 5.41) is 0. The van der Waals surface area contributed by atoms with E-state index in [1.807, 2.05) is 0 Å². The molecule has 0 bridgehead atoms. The number of aryl methyl sites for hydroxylation is 1. The summed E-state index contributed by atoms with van der Waals surface area (Å²) < 4.78 is 53.2. The maximum absolute atomic E-state index is 12.9. The van der Waals surface area contributed by atoms with Gasteiger partial charge >= 0.3 is 0 Å². The van der Waals surface area contributed by atoms with Gasteiger partial charge in [0.15, 0.2) is 0 Å². The lowest BCUT2D eigenvalue weighted by atomic mass is 10.2. The highest BCUT2D eigenvalue weighted by molar-refractivity contribution is 7.86. The summed E-state index contributed by atoms with van der Waals surface area (Å²) in [7, 11) is -4.10.